The van der Waals surface area contributed by atoms with E-state index < -0.39 is 4.92 Å². The highest BCUT2D eigenvalue weighted by Crippen LogP contribution is 2.24. The van der Waals surface area contributed by atoms with Crippen LogP contribution >= 0.6 is 27.5 Å². The minimum Gasteiger partial charge on any atom is -0.383 e. The summed E-state index contributed by atoms with van der Waals surface area (Å²) in [6.07, 6.45) is 1.53. The van der Waals surface area contributed by atoms with Gasteiger partial charge in [-0.15, -0.1) is 11.6 Å². The largest absolute Gasteiger partial charge is 0.383 e. The number of benzene rings is 1. The molecule has 1 aromatic rings. The number of non-ortho nitro benzene ring substituents is 1. The molecule has 94 valence electrons. The first-order valence-electron chi connectivity index (χ1n) is 5.10. The van der Waals surface area contributed by atoms with Crippen molar-refractivity contribution in [2.45, 2.75) is 18.2 Å². The van der Waals surface area contributed by atoms with Gasteiger partial charge in [-0.3, -0.25) is 10.1 Å². The second kappa shape index (κ2) is 6.93. The van der Waals surface area contributed by atoms with Crippen molar-refractivity contribution in [2.75, 3.05) is 13.7 Å². The van der Waals surface area contributed by atoms with Crippen LogP contribution in [0.1, 0.15) is 12.0 Å². The Labute approximate surface area is 113 Å². The molecule has 1 unspecified atom stereocenters. The van der Waals surface area contributed by atoms with Gasteiger partial charge in [0.2, 0.25) is 0 Å². The lowest BCUT2D eigenvalue weighted by Gasteiger charge is -2.09. The van der Waals surface area contributed by atoms with Crippen molar-refractivity contribution in [1.29, 1.82) is 0 Å². The van der Waals surface area contributed by atoms with Crippen molar-refractivity contribution in [1.82, 2.24) is 0 Å². The Bertz CT molecular complexity index is 400. The number of nitro groups is 1. The minimum absolute atomic E-state index is 0.0397. The predicted octanol–water partition coefficient (Wildman–Crippen LogP) is 3.54. The first-order chi connectivity index (χ1) is 8.04. The summed E-state index contributed by atoms with van der Waals surface area (Å²) in [5.74, 6) is 0. The smallest absolute Gasteiger partial charge is 0.270 e. The molecule has 1 aromatic carbocycles. The third kappa shape index (κ3) is 4.61. The standard InChI is InChI=1S/C11H13BrClNO3/c1-17-7-9(13)4-2-8-3-5-10(14(15)16)6-11(8)12/h3,5-6,9H,2,4,7H2,1H3. The summed E-state index contributed by atoms with van der Waals surface area (Å²) >= 11 is 9.34. The lowest BCUT2D eigenvalue weighted by atomic mass is 10.1. The van der Waals surface area contributed by atoms with E-state index in [1.165, 1.54) is 12.1 Å². The summed E-state index contributed by atoms with van der Waals surface area (Å²) < 4.78 is 5.68. The van der Waals surface area contributed by atoms with Gasteiger partial charge < -0.3 is 4.74 Å². The molecule has 17 heavy (non-hydrogen) atoms. The molecule has 0 aliphatic heterocycles. The van der Waals surface area contributed by atoms with Gasteiger partial charge in [-0.25, -0.2) is 0 Å². The maximum Gasteiger partial charge on any atom is 0.270 e. The summed E-state index contributed by atoms with van der Waals surface area (Å²) in [6.45, 7) is 0.506. The molecule has 0 bridgehead atoms. The van der Waals surface area contributed by atoms with Crippen LogP contribution in [0.5, 0.6) is 0 Å². The molecule has 0 saturated heterocycles. The summed E-state index contributed by atoms with van der Waals surface area (Å²) in [4.78, 5) is 10.1. The van der Waals surface area contributed by atoms with Crippen LogP contribution in [0.3, 0.4) is 0 Å². The predicted molar refractivity (Wildman–Crippen MR) is 70.6 cm³/mol. The lowest BCUT2D eigenvalue weighted by molar-refractivity contribution is -0.384. The van der Waals surface area contributed by atoms with Crippen molar-refractivity contribution in [3.63, 3.8) is 0 Å². The Morgan fingerprint density at radius 2 is 2.29 bits per heavy atom. The summed E-state index contributed by atoms with van der Waals surface area (Å²) in [5.41, 5.74) is 1.09. The molecule has 1 atom stereocenters. The summed E-state index contributed by atoms with van der Waals surface area (Å²) in [7, 11) is 1.61. The number of rotatable bonds is 6. The van der Waals surface area contributed by atoms with Gasteiger partial charge in [0.1, 0.15) is 0 Å². The molecule has 0 aliphatic carbocycles. The van der Waals surface area contributed by atoms with E-state index in [2.05, 4.69) is 15.9 Å². The normalized spacial score (nSPS) is 12.4. The number of hydrogen-bond acceptors (Lipinski definition) is 3. The highest BCUT2D eigenvalue weighted by molar-refractivity contribution is 9.10. The van der Waals surface area contributed by atoms with Crippen molar-refractivity contribution in [3.05, 3.63) is 38.3 Å². The number of hydrogen-bond donors (Lipinski definition) is 0. The molecule has 0 N–H and O–H groups in total. The number of nitro benzene ring substituents is 1. The number of methoxy groups -OCH3 is 1. The Morgan fingerprint density at radius 1 is 1.59 bits per heavy atom. The third-order valence-corrected chi connectivity index (χ3v) is 3.40. The van der Waals surface area contributed by atoms with E-state index in [9.17, 15) is 10.1 Å². The van der Waals surface area contributed by atoms with Crippen molar-refractivity contribution in [2.24, 2.45) is 0 Å². The van der Waals surface area contributed by atoms with E-state index >= 15 is 0 Å². The molecule has 0 aliphatic rings. The molecule has 6 heteroatoms. The van der Waals surface area contributed by atoms with Crippen LogP contribution in [0.4, 0.5) is 5.69 Å². The number of halogens is 2. The monoisotopic (exact) mass is 321 g/mol. The zero-order valence-corrected chi connectivity index (χ0v) is 11.7. The number of aryl methyl sites for hydroxylation is 1. The minimum atomic E-state index is -0.413. The SMILES string of the molecule is COCC(Cl)CCc1ccc([N+](=O)[O-])cc1Br. The maximum atomic E-state index is 10.6. The Balaban J connectivity index is 2.63. The highest BCUT2D eigenvalue weighted by Gasteiger charge is 2.10. The van der Waals surface area contributed by atoms with Crippen molar-refractivity contribution >= 4 is 33.2 Å². The molecule has 0 amide bonds. The third-order valence-electron chi connectivity index (χ3n) is 2.32. The van der Waals surface area contributed by atoms with Gasteiger partial charge in [-0.1, -0.05) is 22.0 Å². The fourth-order valence-electron chi connectivity index (χ4n) is 1.43. The van der Waals surface area contributed by atoms with Gasteiger partial charge in [-0.05, 0) is 18.4 Å². The Kier molecular flexibility index (Phi) is 5.88. The quantitative estimate of drug-likeness (QED) is 0.457. The summed E-state index contributed by atoms with van der Waals surface area (Å²) in [6, 6.07) is 4.76. The van der Waals surface area contributed by atoms with Gasteiger partial charge in [0, 0.05) is 23.7 Å². The maximum absolute atomic E-state index is 10.6. The van der Waals surface area contributed by atoms with Crippen LogP contribution in [-0.2, 0) is 11.2 Å². The van der Waals surface area contributed by atoms with Crippen LogP contribution in [-0.4, -0.2) is 24.0 Å². The van der Waals surface area contributed by atoms with Gasteiger partial charge in [0.15, 0.2) is 0 Å². The van der Waals surface area contributed by atoms with E-state index in [1.807, 2.05) is 0 Å². The molecule has 0 saturated carbocycles. The first-order valence-corrected chi connectivity index (χ1v) is 6.33. The van der Waals surface area contributed by atoms with E-state index in [1.54, 1.807) is 13.2 Å². The first kappa shape index (κ1) is 14.4. The van der Waals surface area contributed by atoms with Gasteiger partial charge in [-0.2, -0.15) is 0 Å². The molecule has 0 aromatic heterocycles. The van der Waals surface area contributed by atoms with Crippen molar-refractivity contribution < 1.29 is 9.66 Å². The second-order valence-corrected chi connectivity index (χ2v) is 5.10. The van der Waals surface area contributed by atoms with Crippen LogP contribution in [0.25, 0.3) is 0 Å². The zero-order valence-electron chi connectivity index (χ0n) is 9.36. The van der Waals surface area contributed by atoms with Crippen LogP contribution < -0.4 is 0 Å². The Morgan fingerprint density at radius 3 is 2.82 bits per heavy atom. The molecular weight excluding hydrogens is 309 g/mol. The average molecular weight is 323 g/mol. The van der Waals surface area contributed by atoms with Gasteiger partial charge in [0.05, 0.1) is 16.9 Å². The molecule has 0 radical (unpaired) electrons. The van der Waals surface area contributed by atoms with Crippen LogP contribution in [0.15, 0.2) is 22.7 Å². The zero-order chi connectivity index (χ0) is 12.8. The molecule has 0 fully saturated rings. The van der Waals surface area contributed by atoms with Gasteiger partial charge in [0.25, 0.3) is 5.69 Å². The van der Waals surface area contributed by atoms with E-state index in [0.717, 1.165) is 22.9 Å². The van der Waals surface area contributed by atoms with E-state index in [-0.39, 0.29) is 11.1 Å². The topological polar surface area (TPSA) is 52.4 Å². The molecule has 0 spiro atoms. The van der Waals surface area contributed by atoms with Crippen LogP contribution in [0, 0.1) is 10.1 Å². The molecule has 0 heterocycles. The molecular formula is C11H13BrClNO3. The Hall–Kier alpha value is -0.650. The highest BCUT2D eigenvalue weighted by atomic mass is 79.9. The average Bonchev–Trinajstić information content (AvgIpc) is 2.27. The summed E-state index contributed by atoms with van der Waals surface area (Å²) in [5, 5.41) is 10.5. The number of nitrogens with zero attached hydrogens (tertiary/aromatic N) is 1. The molecule has 4 nitrogen and oxygen atoms in total. The van der Waals surface area contributed by atoms with Crippen molar-refractivity contribution in [3.8, 4) is 0 Å². The van der Waals surface area contributed by atoms with Crippen LogP contribution in [0.2, 0.25) is 0 Å². The number of ether oxygens (including phenoxy) is 1. The van der Waals surface area contributed by atoms with E-state index in [4.69, 9.17) is 16.3 Å². The fraction of sp³-hybridized carbons (Fsp3) is 0.455. The van der Waals surface area contributed by atoms with Gasteiger partial charge >= 0.3 is 0 Å². The number of alkyl halides is 1. The van der Waals surface area contributed by atoms with E-state index in [0.29, 0.717) is 6.61 Å². The molecule has 1 rings (SSSR count). The second-order valence-electron chi connectivity index (χ2n) is 3.62. The lowest BCUT2D eigenvalue weighted by Crippen LogP contribution is -2.08. The fourth-order valence-corrected chi connectivity index (χ4v) is 2.23.